The lowest BCUT2D eigenvalue weighted by Crippen LogP contribution is -2.61. The monoisotopic (exact) mass is 388 g/mol. The predicted molar refractivity (Wildman–Crippen MR) is 80.8 cm³/mol. The van der Waals surface area contributed by atoms with Gasteiger partial charge in [0.05, 0.1) is 5.69 Å². The minimum atomic E-state index is -0.342. The zero-order valence-corrected chi connectivity index (χ0v) is 13.0. The first-order chi connectivity index (χ1) is 9.58. The van der Waals surface area contributed by atoms with Crippen molar-refractivity contribution in [2.24, 2.45) is 0 Å². The molecule has 0 saturated carbocycles. The molecular formula is C14H14FIN2O2. The van der Waals surface area contributed by atoms with Crippen molar-refractivity contribution in [2.45, 2.75) is 25.3 Å². The number of hydrogen-bond acceptors (Lipinski definition) is 2. The van der Waals surface area contributed by atoms with Gasteiger partial charge >= 0.3 is 0 Å². The molecule has 3 rings (SSSR count). The van der Waals surface area contributed by atoms with Crippen molar-refractivity contribution in [3.05, 3.63) is 27.6 Å². The molecule has 1 aromatic rings. The van der Waals surface area contributed by atoms with E-state index in [9.17, 15) is 14.0 Å². The maximum atomic E-state index is 13.2. The highest BCUT2D eigenvalue weighted by atomic mass is 127. The van der Waals surface area contributed by atoms with E-state index in [0.29, 0.717) is 15.8 Å². The van der Waals surface area contributed by atoms with Crippen molar-refractivity contribution >= 4 is 40.1 Å². The van der Waals surface area contributed by atoms with Gasteiger partial charge in [-0.25, -0.2) is 4.39 Å². The van der Waals surface area contributed by atoms with Gasteiger partial charge in [0.2, 0.25) is 11.8 Å². The summed E-state index contributed by atoms with van der Waals surface area (Å²) >= 11 is 1.99. The third-order valence-corrected chi connectivity index (χ3v) is 4.73. The number of halogens is 2. The molecule has 0 radical (unpaired) electrons. The fraction of sp³-hybridized carbons (Fsp3) is 0.429. The molecule has 0 spiro atoms. The maximum Gasteiger partial charge on any atom is 0.250 e. The summed E-state index contributed by atoms with van der Waals surface area (Å²) in [5.74, 6) is -0.406. The summed E-state index contributed by atoms with van der Waals surface area (Å²) in [7, 11) is 0. The number of piperazine rings is 1. The molecule has 4 nitrogen and oxygen atoms in total. The number of amides is 2. The highest BCUT2D eigenvalue weighted by Gasteiger charge is 2.41. The first-order valence-electron chi connectivity index (χ1n) is 6.64. The summed E-state index contributed by atoms with van der Waals surface area (Å²) in [6, 6.07) is 3.93. The maximum absolute atomic E-state index is 13.2. The van der Waals surface area contributed by atoms with E-state index in [1.54, 1.807) is 11.0 Å². The summed E-state index contributed by atoms with van der Waals surface area (Å²) in [5.41, 5.74) is 0.621. The number of benzene rings is 1. The minimum absolute atomic E-state index is 0.0191. The van der Waals surface area contributed by atoms with Crippen LogP contribution in [-0.2, 0) is 9.59 Å². The van der Waals surface area contributed by atoms with E-state index >= 15 is 0 Å². The zero-order valence-electron chi connectivity index (χ0n) is 10.8. The van der Waals surface area contributed by atoms with Crippen LogP contribution in [0.15, 0.2) is 18.2 Å². The summed E-state index contributed by atoms with van der Waals surface area (Å²) in [6.07, 6.45) is 2.65. The molecule has 0 aliphatic carbocycles. The number of piperidine rings is 1. The van der Waals surface area contributed by atoms with E-state index in [0.717, 1.165) is 19.3 Å². The Labute approximate surface area is 130 Å². The molecule has 1 aromatic carbocycles. The van der Waals surface area contributed by atoms with Gasteiger partial charge in [-0.05, 0) is 60.1 Å². The van der Waals surface area contributed by atoms with E-state index in [4.69, 9.17) is 0 Å². The molecule has 1 atom stereocenters. The molecule has 20 heavy (non-hydrogen) atoms. The zero-order chi connectivity index (χ0) is 14.3. The van der Waals surface area contributed by atoms with Gasteiger partial charge in [-0.1, -0.05) is 0 Å². The lowest BCUT2D eigenvalue weighted by molar-refractivity contribution is -0.144. The molecule has 106 valence electrons. The fourth-order valence-electron chi connectivity index (χ4n) is 2.87. The first kappa shape index (κ1) is 13.8. The first-order valence-corrected chi connectivity index (χ1v) is 7.71. The number of rotatable bonds is 1. The predicted octanol–water partition coefficient (Wildman–Crippen LogP) is 2.16. The Balaban J connectivity index is 1.94. The van der Waals surface area contributed by atoms with Gasteiger partial charge in [-0.15, -0.1) is 0 Å². The van der Waals surface area contributed by atoms with E-state index in [1.165, 1.54) is 17.0 Å². The Morgan fingerprint density at radius 2 is 2.05 bits per heavy atom. The Hall–Kier alpha value is -1.18. The van der Waals surface area contributed by atoms with Crippen LogP contribution in [0.2, 0.25) is 0 Å². The number of nitrogens with zero attached hydrogens (tertiary/aromatic N) is 2. The second-order valence-corrected chi connectivity index (χ2v) is 6.28. The molecule has 2 aliphatic heterocycles. The van der Waals surface area contributed by atoms with Crippen LogP contribution in [0.4, 0.5) is 10.1 Å². The van der Waals surface area contributed by atoms with Crippen LogP contribution in [0.1, 0.15) is 19.3 Å². The third kappa shape index (κ3) is 2.30. The largest absolute Gasteiger partial charge is 0.329 e. The molecule has 0 aromatic heterocycles. The van der Waals surface area contributed by atoms with Crippen LogP contribution in [0.5, 0.6) is 0 Å². The molecule has 2 amide bonds. The molecular weight excluding hydrogens is 374 g/mol. The van der Waals surface area contributed by atoms with Crippen LogP contribution in [0.25, 0.3) is 0 Å². The summed E-state index contributed by atoms with van der Waals surface area (Å²) in [6.45, 7) is 0.723. The van der Waals surface area contributed by atoms with Gasteiger partial charge in [0, 0.05) is 10.1 Å². The van der Waals surface area contributed by atoms with Crippen molar-refractivity contribution in [1.29, 1.82) is 0 Å². The van der Waals surface area contributed by atoms with Crippen molar-refractivity contribution in [3.8, 4) is 0 Å². The average Bonchev–Trinajstić information content (AvgIpc) is 2.43. The Morgan fingerprint density at radius 3 is 2.80 bits per heavy atom. The number of carbonyl (C=O) groups excluding carboxylic acids is 2. The van der Waals surface area contributed by atoms with Crippen LogP contribution >= 0.6 is 22.6 Å². The van der Waals surface area contributed by atoms with E-state index in [1.807, 2.05) is 22.6 Å². The van der Waals surface area contributed by atoms with E-state index < -0.39 is 0 Å². The van der Waals surface area contributed by atoms with Crippen LogP contribution in [0.3, 0.4) is 0 Å². The summed E-state index contributed by atoms with van der Waals surface area (Å²) in [4.78, 5) is 28.0. The Bertz CT molecular complexity index is 578. The van der Waals surface area contributed by atoms with Gasteiger partial charge < -0.3 is 9.80 Å². The third-order valence-electron chi connectivity index (χ3n) is 3.87. The molecule has 0 bridgehead atoms. The summed E-state index contributed by atoms with van der Waals surface area (Å²) < 4.78 is 13.8. The molecule has 2 heterocycles. The number of hydrogen-bond donors (Lipinski definition) is 0. The molecule has 0 N–H and O–H groups in total. The van der Waals surface area contributed by atoms with Gasteiger partial charge in [0.15, 0.2) is 0 Å². The van der Waals surface area contributed by atoms with Crippen molar-refractivity contribution in [3.63, 3.8) is 0 Å². The van der Waals surface area contributed by atoms with Crippen LogP contribution in [0, 0.1) is 9.39 Å². The normalized spacial score (nSPS) is 23.0. The highest BCUT2D eigenvalue weighted by Crippen LogP contribution is 2.30. The lowest BCUT2D eigenvalue weighted by Gasteiger charge is -2.42. The van der Waals surface area contributed by atoms with Gasteiger partial charge in [0.1, 0.15) is 18.4 Å². The molecule has 6 heteroatoms. The number of carbonyl (C=O) groups is 2. The highest BCUT2D eigenvalue weighted by molar-refractivity contribution is 14.1. The second-order valence-electron chi connectivity index (χ2n) is 5.12. The average molecular weight is 388 g/mol. The minimum Gasteiger partial charge on any atom is -0.329 e. The molecule has 1 unspecified atom stereocenters. The van der Waals surface area contributed by atoms with Gasteiger partial charge in [-0.3, -0.25) is 9.59 Å². The topological polar surface area (TPSA) is 40.6 Å². The lowest BCUT2D eigenvalue weighted by atomic mass is 9.98. The quantitative estimate of drug-likeness (QED) is 0.692. The SMILES string of the molecule is O=C1C2CCCCN2C(=O)CN1c1ccc(F)cc1I. The standard InChI is InChI=1S/C14H14FIN2O2/c15-9-4-5-11(10(16)7-9)18-8-13(19)17-6-2-1-3-12(17)14(18)20/h4-5,7,12H,1-3,6,8H2. The van der Waals surface area contributed by atoms with Crippen molar-refractivity contribution in [2.75, 3.05) is 18.0 Å². The van der Waals surface area contributed by atoms with E-state index in [2.05, 4.69) is 0 Å². The van der Waals surface area contributed by atoms with E-state index in [-0.39, 0.29) is 30.2 Å². The molecule has 2 fully saturated rings. The van der Waals surface area contributed by atoms with Crippen LogP contribution in [-0.4, -0.2) is 35.8 Å². The molecule has 2 saturated heterocycles. The summed E-state index contributed by atoms with van der Waals surface area (Å²) in [5, 5.41) is 0. The smallest absolute Gasteiger partial charge is 0.250 e. The fourth-order valence-corrected chi connectivity index (χ4v) is 3.64. The van der Waals surface area contributed by atoms with Gasteiger partial charge in [0.25, 0.3) is 0 Å². The molecule has 2 aliphatic rings. The van der Waals surface area contributed by atoms with Crippen molar-refractivity contribution < 1.29 is 14.0 Å². The second kappa shape index (κ2) is 5.31. The Kier molecular flexibility index (Phi) is 3.66. The van der Waals surface area contributed by atoms with Crippen LogP contribution < -0.4 is 4.90 Å². The van der Waals surface area contributed by atoms with Crippen molar-refractivity contribution in [1.82, 2.24) is 4.90 Å². The number of anilines is 1. The van der Waals surface area contributed by atoms with Gasteiger partial charge in [-0.2, -0.15) is 0 Å². The number of fused-ring (bicyclic) bond motifs is 1. The Morgan fingerprint density at radius 1 is 1.25 bits per heavy atom.